The third-order valence-corrected chi connectivity index (χ3v) is 2.71. The van der Waals surface area contributed by atoms with Crippen molar-refractivity contribution in [1.82, 2.24) is 0 Å². The van der Waals surface area contributed by atoms with Gasteiger partial charge >= 0.3 is 0 Å². The summed E-state index contributed by atoms with van der Waals surface area (Å²) in [4.78, 5) is 12.0. The van der Waals surface area contributed by atoms with Crippen LogP contribution >= 0.6 is 11.6 Å². The van der Waals surface area contributed by atoms with E-state index < -0.39 is 0 Å². The van der Waals surface area contributed by atoms with Crippen LogP contribution in [0.3, 0.4) is 0 Å². The molecule has 2 aromatic rings. The number of hydrogen-bond donors (Lipinski definition) is 1. The summed E-state index contributed by atoms with van der Waals surface area (Å²) in [5, 5.41) is 3.39. The van der Waals surface area contributed by atoms with Crippen LogP contribution in [0.4, 0.5) is 5.69 Å². The number of para-hydroxylation sites is 2. The van der Waals surface area contributed by atoms with Crippen LogP contribution in [0, 0.1) is 0 Å². The standard InChI is InChI=1S/C14H12ClNO2/c1-18-13-5-3-2-4-12(13)16-14(17)10-6-8-11(15)9-7-10/h2-9H,1H3,(H,16,17). The Bertz CT molecular complexity index is 552. The van der Waals surface area contributed by atoms with Crippen LogP contribution in [-0.2, 0) is 0 Å². The molecule has 3 nitrogen and oxygen atoms in total. The Balaban J connectivity index is 2.18. The Hall–Kier alpha value is -2.00. The summed E-state index contributed by atoms with van der Waals surface area (Å²) in [7, 11) is 1.56. The summed E-state index contributed by atoms with van der Waals surface area (Å²) in [6.07, 6.45) is 0. The summed E-state index contributed by atoms with van der Waals surface area (Å²) in [6.45, 7) is 0. The number of ether oxygens (including phenoxy) is 1. The van der Waals surface area contributed by atoms with Gasteiger partial charge < -0.3 is 10.1 Å². The number of nitrogens with one attached hydrogen (secondary N) is 1. The van der Waals surface area contributed by atoms with E-state index in [1.54, 1.807) is 43.5 Å². The summed E-state index contributed by atoms with van der Waals surface area (Å²) in [5.41, 5.74) is 1.19. The summed E-state index contributed by atoms with van der Waals surface area (Å²) < 4.78 is 5.17. The maximum absolute atomic E-state index is 12.0. The zero-order valence-electron chi connectivity index (χ0n) is 9.81. The van der Waals surface area contributed by atoms with E-state index in [1.807, 2.05) is 12.1 Å². The second kappa shape index (κ2) is 5.56. The molecule has 0 fully saturated rings. The van der Waals surface area contributed by atoms with Crippen LogP contribution in [-0.4, -0.2) is 13.0 Å². The second-order valence-corrected chi connectivity index (χ2v) is 4.10. The Labute approximate surface area is 110 Å². The zero-order chi connectivity index (χ0) is 13.0. The minimum Gasteiger partial charge on any atom is -0.495 e. The maximum Gasteiger partial charge on any atom is 0.255 e. The number of anilines is 1. The van der Waals surface area contributed by atoms with Gasteiger partial charge in [-0.25, -0.2) is 0 Å². The highest BCUT2D eigenvalue weighted by molar-refractivity contribution is 6.30. The lowest BCUT2D eigenvalue weighted by Gasteiger charge is -2.09. The molecule has 0 bridgehead atoms. The van der Waals surface area contributed by atoms with Gasteiger partial charge in [0.15, 0.2) is 0 Å². The van der Waals surface area contributed by atoms with E-state index in [2.05, 4.69) is 5.32 Å². The number of halogens is 1. The van der Waals surface area contributed by atoms with Crippen LogP contribution in [0.15, 0.2) is 48.5 Å². The highest BCUT2D eigenvalue weighted by atomic mass is 35.5. The van der Waals surface area contributed by atoms with Gasteiger partial charge in [0, 0.05) is 10.6 Å². The highest BCUT2D eigenvalue weighted by Gasteiger charge is 2.08. The van der Waals surface area contributed by atoms with Gasteiger partial charge in [0.25, 0.3) is 5.91 Å². The van der Waals surface area contributed by atoms with Gasteiger partial charge in [0.2, 0.25) is 0 Å². The fourth-order valence-electron chi connectivity index (χ4n) is 1.54. The Morgan fingerprint density at radius 1 is 1.11 bits per heavy atom. The molecule has 18 heavy (non-hydrogen) atoms. The molecule has 0 saturated carbocycles. The SMILES string of the molecule is COc1ccccc1NC(=O)c1ccc(Cl)cc1. The molecule has 2 rings (SSSR count). The first kappa shape index (κ1) is 12.5. The van der Waals surface area contributed by atoms with Gasteiger partial charge in [0.1, 0.15) is 5.75 Å². The van der Waals surface area contributed by atoms with E-state index in [0.29, 0.717) is 22.0 Å². The molecule has 1 amide bonds. The molecular formula is C14H12ClNO2. The van der Waals surface area contributed by atoms with Crippen LogP contribution in [0.1, 0.15) is 10.4 Å². The quantitative estimate of drug-likeness (QED) is 0.917. The number of carbonyl (C=O) groups excluding carboxylic acids is 1. The van der Waals surface area contributed by atoms with E-state index in [1.165, 1.54) is 0 Å². The molecule has 0 unspecified atom stereocenters. The van der Waals surface area contributed by atoms with Crippen molar-refractivity contribution < 1.29 is 9.53 Å². The predicted octanol–water partition coefficient (Wildman–Crippen LogP) is 3.60. The number of carbonyl (C=O) groups is 1. The minimum absolute atomic E-state index is 0.198. The molecule has 2 aromatic carbocycles. The largest absolute Gasteiger partial charge is 0.495 e. The van der Waals surface area contributed by atoms with Crippen molar-refractivity contribution in [3.63, 3.8) is 0 Å². The molecule has 0 heterocycles. The van der Waals surface area contributed by atoms with Crippen LogP contribution in [0.5, 0.6) is 5.75 Å². The lowest BCUT2D eigenvalue weighted by atomic mass is 10.2. The second-order valence-electron chi connectivity index (χ2n) is 3.66. The van der Waals surface area contributed by atoms with Crippen molar-refractivity contribution in [2.75, 3.05) is 12.4 Å². The average Bonchev–Trinajstić information content (AvgIpc) is 2.40. The first-order chi connectivity index (χ1) is 8.70. The fraction of sp³-hybridized carbons (Fsp3) is 0.0714. The van der Waals surface area contributed by atoms with Crippen molar-refractivity contribution in [1.29, 1.82) is 0 Å². The summed E-state index contributed by atoms with van der Waals surface area (Å²) >= 11 is 5.77. The molecule has 0 radical (unpaired) electrons. The van der Waals surface area contributed by atoms with E-state index in [-0.39, 0.29) is 5.91 Å². The minimum atomic E-state index is -0.198. The predicted molar refractivity (Wildman–Crippen MR) is 72.4 cm³/mol. The monoisotopic (exact) mass is 261 g/mol. The molecule has 0 saturated heterocycles. The lowest BCUT2D eigenvalue weighted by Crippen LogP contribution is -2.12. The normalized spacial score (nSPS) is 9.89. The van der Waals surface area contributed by atoms with Crippen molar-refractivity contribution in [2.45, 2.75) is 0 Å². The Kier molecular flexibility index (Phi) is 3.85. The topological polar surface area (TPSA) is 38.3 Å². The summed E-state index contributed by atoms with van der Waals surface area (Å²) in [5.74, 6) is 0.427. The van der Waals surface area contributed by atoms with Crippen LogP contribution < -0.4 is 10.1 Å². The van der Waals surface area contributed by atoms with Gasteiger partial charge in [-0.05, 0) is 36.4 Å². The Morgan fingerprint density at radius 3 is 2.44 bits per heavy atom. The van der Waals surface area contributed by atoms with E-state index in [9.17, 15) is 4.79 Å². The van der Waals surface area contributed by atoms with Gasteiger partial charge in [0.05, 0.1) is 12.8 Å². The fourth-order valence-corrected chi connectivity index (χ4v) is 1.67. The molecule has 1 N–H and O–H groups in total. The van der Waals surface area contributed by atoms with Crippen molar-refractivity contribution in [2.24, 2.45) is 0 Å². The first-order valence-electron chi connectivity index (χ1n) is 5.40. The third kappa shape index (κ3) is 2.81. The Morgan fingerprint density at radius 2 is 1.78 bits per heavy atom. The number of amides is 1. The number of hydrogen-bond acceptors (Lipinski definition) is 2. The third-order valence-electron chi connectivity index (χ3n) is 2.46. The molecule has 0 aliphatic rings. The van der Waals surface area contributed by atoms with Crippen LogP contribution in [0.25, 0.3) is 0 Å². The molecule has 0 aromatic heterocycles. The molecule has 0 aliphatic carbocycles. The van der Waals surface area contributed by atoms with Crippen molar-refractivity contribution in [3.05, 3.63) is 59.1 Å². The number of rotatable bonds is 3. The lowest BCUT2D eigenvalue weighted by molar-refractivity contribution is 0.102. The first-order valence-corrected chi connectivity index (χ1v) is 5.78. The van der Waals surface area contributed by atoms with E-state index in [4.69, 9.17) is 16.3 Å². The van der Waals surface area contributed by atoms with Gasteiger partial charge in [-0.1, -0.05) is 23.7 Å². The highest BCUT2D eigenvalue weighted by Crippen LogP contribution is 2.23. The zero-order valence-corrected chi connectivity index (χ0v) is 10.6. The molecule has 4 heteroatoms. The van der Waals surface area contributed by atoms with Gasteiger partial charge in [-0.3, -0.25) is 4.79 Å². The maximum atomic E-state index is 12.0. The molecule has 0 spiro atoms. The number of methoxy groups -OCH3 is 1. The molecule has 0 aliphatic heterocycles. The van der Waals surface area contributed by atoms with Gasteiger partial charge in [-0.15, -0.1) is 0 Å². The average molecular weight is 262 g/mol. The van der Waals surface area contributed by atoms with E-state index in [0.717, 1.165) is 0 Å². The van der Waals surface area contributed by atoms with Gasteiger partial charge in [-0.2, -0.15) is 0 Å². The van der Waals surface area contributed by atoms with Crippen LogP contribution in [0.2, 0.25) is 5.02 Å². The summed E-state index contributed by atoms with van der Waals surface area (Å²) in [6, 6.07) is 14.0. The van der Waals surface area contributed by atoms with Crippen molar-refractivity contribution in [3.8, 4) is 5.75 Å². The smallest absolute Gasteiger partial charge is 0.255 e. The van der Waals surface area contributed by atoms with Crippen molar-refractivity contribution >= 4 is 23.2 Å². The molecule has 0 atom stereocenters. The number of benzene rings is 2. The molecular weight excluding hydrogens is 250 g/mol. The van der Waals surface area contributed by atoms with E-state index >= 15 is 0 Å². The molecule has 92 valence electrons.